The maximum Gasteiger partial charge on any atom is 0.344 e. The van der Waals surface area contributed by atoms with Crippen LogP contribution in [0.2, 0.25) is 0 Å². The highest BCUT2D eigenvalue weighted by molar-refractivity contribution is 7.91. The third-order valence-electron chi connectivity index (χ3n) is 5.02. The number of nitrogens with one attached hydrogen (secondary N) is 1. The third kappa shape index (κ3) is 4.15. The number of piperidine rings is 1. The number of aromatic hydroxyl groups is 1. The van der Waals surface area contributed by atoms with Crippen LogP contribution in [-0.4, -0.2) is 54.8 Å². The molecular weight excluding hydrogens is 410 g/mol. The molecule has 1 amide bonds. The number of nitrogens with two attached hydrogens (primary N) is 1. The Labute approximate surface area is 173 Å². The van der Waals surface area contributed by atoms with Crippen molar-refractivity contribution in [1.82, 2.24) is 9.88 Å². The van der Waals surface area contributed by atoms with Gasteiger partial charge in [-0.3, -0.25) is 9.52 Å². The van der Waals surface area contributed by atoms with E-state index in [9.17, 15) is 18.3 Å². The summed E-state index contributed by atoms with van der Waals surface area (Å²) in [6.45, 7) is 1.50. The summed E-state index contributed by atoms with van der Waals surface area (Å²) in [6, 6.07) is 7.90. The van der Waals surface area contributed by atoms with Crippen LogP contribution in [0.5, 0.6) is 11.6 Å². The maximum atomic E-state index is 12.7. The predicted octanol–water partition coefficient (Wildman–Crippen LogP) is 1.09. The number of amides is 1. The van der Waals surface area contributed by atoms with Crippen LogP contribution in [-0.2, 0) is 10.2 Å². The first-order chi connectivity index (χ1) is 14.3. The molecule has 0 saturated carbocycles. The number of rotatable bonds is 4. The molecule has 0 bridgehead atoms. The summed E-state index contributed by atoms with van der Waals surface area (Å²) < 4.78 is 35.2. The van der Waals surface area contributed by atoms with Gasteiger partial charge in [0.1, 0.15) is 5.75 Å². The Morgan fingerprint density at radius 1 is 1.33 bits per heavy atom. The van der Waals surface area contributed by atoms with Gasteiger partial charge in [0.25, 0.3) is 5.91 Å². The van der Waals surface area contributed by atoms with Crippen LogP contribution in [0.1, 0.15) is 28.8 Å². The Balaban J connectivity index is 1.44. The SMILES string of the molecule is NC1=NS(=O)(=O)Nc2cccc(OC[C@H]3CCCN(C(=O)c4ccc(O)nc4)C3)c21. The summed E-state index contributed by atoms with van der Waals surface area (Å²) >= 11 is 0. The van der Waals surface area contributed by atoms with Crippen molar-refractivity contribution in [3.8, 4) is 11.6 Å². The second-order valence-electron chi connectivity index (χ2n) is 7.21. The van der Waals surface area contributed by atoms with E-state index >= 15 is 0 Å². The Morgan fingerprint density at radius 3 is 2.93 bits per heavy atom. The van der Waals surface area contributed by atoms with E-state index in [1.807, 2.05) is 0 Å². The van der Waals surface area contributed by atoms with Crippen molar-refractivity contribution >= 4 is 27.6 Å². The summed E-state index contributed by atoms with van der Waals surface area (Å²) in [6.07, 6.45) is 3.08. The number of ether oxygens (including phenoxy) is 1. The zero-order valence-corrected chi connectivity index (χ0v) is 16.8. The van der Waals surface area contributed by atoms with E-state index in [4.69, 9.17) is 10.5 Å². The minimum atomic E-state index is -3.85. The van der Waals surface area contributed by atoms with E-state index in [-0.39, 0.29) is 23.5 Å². The van der Waals surface area contributed by atoms with Crippen LogP contribution < -0.4 is 15.2 Å². The van der Waals surface area contributed by atoms with Crippen LogP contribution in [0, 0.1) is 5.92 Å². The molecule has 10 nitrogen and oxygen atoms in total. The number of aromatic nitrogens is 1. The van der Waals surface area contributed by atoms with Crippen LogP contribution in [0.4, 0.5) is 5.69 Å². The fourth-order valence-corrected chi connectivity index (χ4v) is 4.47. The number of anilines is 1. The molecule has 0 radical (unpaired) electrons. The van der Waals surface area contributed by atoms with Gasteiger partial charge in [0.15, 0.2) is 5.84 Å². The summed E-state index contributed by atoms with van der Waals surface area (Å²) in [5.41, 5.74) is 6.99. The van der Waals surface area contributed by atoms with Gasteiger partial charge in [0, 0.05) is 31.3 Å². The van der Waals surface area contributed by atoms with E-state index in [2.05, 4.69) is 14.1 Å². The lowest BCUT2D eigenvalue weighted by Gasteiger charge is -2.33. The molecular formula is C19H21N5O5S. The molecule has 1 aromatic heterocycles. The Kier molecular flexibility index (Phi) is 5.20. The van der Waals surface area contributed by atoms with Crippen molar-refractivity contribution in [3.05, 3.63) is 47.7 Å². The number of hydrogen-bond donors (Lipinski definition) is 3. The lowest BCUT2D eigenvalue weighted by Crippen LogP contribution is -2.41. The fraction of sp³-hybridized carbons (Fsp3) is 0.316. The normalized spacial score (nSPS) is 19.9. The molecule has 158 valence electrons. The number of fused-ring (bicyclic) bond motifs is 1. The predicted molar refractivity (Wildman–Crippen MR) is 110 cm³/mol. The highest BCUT2D eigenvalue weighted by Crippen LogP contribution is 2.31. The summed E-state index contributed by atoms with van der Waals surface area (Å²) in [5.74, 6) is 0.131. The molecule has 3 heterocycles. The van der Waals surface area contributed by atoms with Crippen LogP contribution in [0.25, 0.3) is 0 Å². The minimum absolute atomic E-state index is 0.0991. The molecule has 0 spiro atoms. The topological polar surface area (TPSA) is 147 Å². The van der Waals surface area contributed by atoms with Gasteiger partial charge in [-0.25, -0.2) is 4.98 Å². The van der Waals surface area contributed by atoms with Crippen molar-refractivity contribution < 1.29 is 23.1 Å². The average molecular weight is 431 g/mol. The second kappa shape index (κ2) is 7.82. The lowest BCUT2D eigenvalue weighted by atomic mass is 9.98. The zero-order chi connectivity index (χ0) is 21.3. The van der Waals surface area contributed by atoms with Crippen molar-refractivity contribution in [1.29, 1.82) is 0 Å². The van der Waals surface area contributed by atoms with Gasteiger partial charge in [-0.05, 0) is 31.0 Å². The number of pyridine rings is 1. The second-order valence-corrected chi connectivity index (χ2v) is 8.54. The number of carbonyl (C=O) groups excluding carboxylic acids is 1. The van der Waals surface area contributed by atoms with E-state index in [0.29, 0.717) is 42.3 Å². The van der Waals surface area contributed by atoms with Crippen molar-refractivity contribution in [2.24, 2.45) is 16.0 Å². The van der Waals surface area contributed by atoms with Gasteiger partial charge in [-0.1, -0.05) is 6.07 Å². The average Bonchev–Trinajstić information content (AvgIpc) is 2.71. The molecule has 4 N–H and O–H groups in total. The van der Waals surface area contributed by atoms with E-state index in [1.54, 1.807) is 29.2 Å². The molecule has 1 fully saturated rings. The smallest absolute Gasteiger partial charge is 0.344 e. The monoisotopic (exact) mass is 431 g/mol. The standard InChI is InChI=1S/C19H21N5O5S/c20-18-17-14(22-30(27,28)23-18)4-1-5-15(17)29-11-12-3-2-8-24(10-12)19(26)13-6-7-16(25)21-9-13/h1,4-7,9,12,22H,2-3,8,10-11H2,(H2,20,23)(H,21,25)/t12-/m0/s1. The number of nitrogens with zero attached hydrogens (tertiary/aromatic N) is 3. The summed E-state index contributed by atoms with van der Waals surface area (Å²) in [5, 5.41) is 9.29. The van der Waals surface area contributed by atoms with Gasteiger partial charge < -0.3 is 20.5 Å². The molecule has 1 aromatic carbocycles. The fourth-order valence-electron chi connectivity index (χ4n) is 3.63. The number of hydrogen-bond acceptors (Lipinski definition) is 7. The lowest BCUT2D eigenvalue weighted by molar-refractivity contribution is 0.0633. The first kappa shape index (κ1) is 20.0. The molecule has 30 heavy (non-hydrogen) atoms. The van der Waals surface area contributed by atoms with Crippen LogP contribution in [0.3, 0.4) is 0 Å². The molecule has 1 saturated heterocycles. The number of benzene rings is 1. The van der Waals surface area contributed by atoms with Gasteiger partial charge >= 0.3 is 10.2 Å². The summed E-state index contributed by atoms with van der Waals surface area (Å²) in [4.78, 5) is 18.2. The molecule has 11 heteroatoms. The molecule has 2 aliphatic rings. The molecule has 1 atom stereocenters. The third-order valence-corrected chi connectivity index (χ3v) is 5.93. The van der Waals surface area contributed by atoms with Crippen molar-refractivity contribution in [2.75, 3.05) is 24.4 Å². The number of likely N-dealkylation sites (tertiary alicyclic amines) is 1. The Morgan fingerprint density at radius 2 is 2.17 bits per heavy atom. The zero-order valence-electron chi connectivity index (χ0n) is 16.0. The summed E-state index contributed by atoms with van der Waals surface area (Å²) in [7, 11) is -3.85. The van der Waals surface area contributed by atoms with Gasteiger partial charge in [-0.2, -0.15) is 8.42 Å². The molecule has 0 unspecified atom stereocenters. The van der Waals surface area contributed by atoms with Crippen molar-refractivity contribution in [2.45, 2.75) is 12.8 Å². The van der Waals surface area contributed by atoms with Crippen molar-refractivity contribution in [3.63, 3.8) is 0 Å². The number of carbonyl (C=O) groups is 1. The quantitative estimate of drug-likeness (QED) is 0.656. The maximum absolute atomic E-state index is 12.7. The van der Waals surface area contributed by atoms with Crippen LogP contribution in [0.15, 0.2) is 40.9 Å². The Bertz CT molecular complexity index is 1100. The highest BCUT2D eigenvalue weighted by atomic mass is 32.2. The van der Waals surface area contributed by atoms with E-state index in [0.717, 1.165) is 12.8 Å². The minimum Gasteiger partial charge on any atom is -0.493 e. The molecule has 0 aliphatic carbocycles. The molecule has 2 aromatic rings. The van der Waals surface area contributed by atoms with Gasteiger partial charge in [-0.15, -0.1) is 4.40 Å². The first-order valence-corrected chi connectivity index (χ1v) is 10.8. The number of amidine groups is 1. The van der Waals surface area contributed by atoms with Gasteiger partial charge in [0.05, 0.1) is 23.4 Å². The molecule has 4 rings (SSSR count). The molecule has 2 aliphatic heterocycles. The largest absolute Gasteiger partial charge is 0.493 e. The highest BCUT2D eigenvalue weighted by Gasteiger charge is 2.27. The van der Waals surface area contributed by atoms with Gasteiger partial charge in [0.2, 0.25) is 5.88 Å². The van der Waals surface area contributed by atoms with E-state index < -0.39 is 10.2 Å². The van der Waals surface area contributed by atoms with E-state index in [1.165, 1.54) is 12.3 Å². The van der Waals surface area contributed by atoms with Crippen LogP contribution >= 0.6 is 0 Å². The Hall–Kier alpha value is -3.34. The first-order valence-electron chi connectivity index (χ1n) is 9.41.